The Morgan fingerprint density at radius 2 is 2.00 bits per heavy atom. The lowest BCUT2D eigenvalue weighted by molar-refractivity contribution is -0.139. The molecule has 1 amide bonds. The summed E-state index contributed by atoms with van der Waals surface area (Å²) in [6.07, 6.45) is 1.60. The monoisotopic (exact) mass is 385 g/mol. The van der Waals surface area contributed by atoms with Crippen LogP contribution < -0.4 is 4.74 Å². The second-order valence-corrected chi connectivity index (χ2v) is 7.36. The van der Waals surface area contributed by atoms with Gasteiger partial charge in [0.15, 0.2) is 0 Å². The van der Waals surface area contributed by atoms with Gasteiger partial charge in [-0.05, 0) is 36.4 Å². The Morgan fingerprint density at radius 3 is 2.67 bits per heavy atom. The zero-order valence-electron chi connectivity index (χ0n) is 15.5. The molecule has 1 atom stereocenters. The number of amides is 1. The van der Waals surface area contributed by atoms with E-state index in [4.69, 9.17) is 4.74 Å². The van der Waals surface area contributed by atoms with Crippen LogP contribution in [0.5, 0.6) is 5.75 Å². The van der Waals surface area contributed by atoms with Crippen LogP contribution in [0.3, 0.4) is 0 Å². The van der Waals surface area contributed by atoms with Gasteiger partial charge in [0.25, 0.3) is 11.7 Å². The van der Waals surface area contributed by atoms with E-state index >= 15 is 0 Å². The SMILES string of the molecule is CCCOc1cccc(/C(O)=C2/C(=O)C(=O)N(CCC)C2c2cccs2)c1. The quantitative estimate of drug-likeness (QED) is 0.437. The van der Waals surface area contributed by atoms with Gasteiger partial charge in [0.2, 0.25) is 0 Å². The first-order chi connectivity index (χ1) is 13.1. The lowest BCUT2D eigenvalue weighted by Crippen LogP contribution is -2.30. The first-order valence-electron chi connectivity index (χ1n) is 9.13. The zero-order valence-corrected chi connectivity index (χ0v) is 16.3. The van der Waals surface area contributed by atoms with Gasteiger partial charge in [-0.25, -0.2) is 0 Å². The van der Waals surface area contributed by atoms with Crippen LogP contribution in [-0.2, 0) is 9.59 Å². The van der Waals surface area contributed by atoms with Crippen LogP contribution in [0.2, 0.25) is 0 Å². The van der Waals surface area contributed by atoms with Crippen molar-refractivity contribution in [3.63, 3.8) is 0 Å². The van der Waals surface area contributed by atoms with Crippen molar-refractivity contribution < 1.29 is 19.4 Å². The van der Waals surface area contributed by atoms with Gasteiger partial charge in [-0.2, -0.15) is 0 Å². The highest BCUT2D eigenvalue weighted by Gasteiger charge is 2.46. The first kappa shape index (κ1) is 19.2. The number of ketones is 1. The number of benzene rings is 1. The Bertz CT molecular complexity index is 857. The molecule has 0 saturated carbocycles. The molecule has 1 unspecified atom stereocenters. The third kappa shape index (κ3) is 3.76. The van der Waals surface area contributed by atoms with Crippen molar-refractivity contribution in [3.8, 4) is 5.75 Å². The number of thiophene rings is 1. The maximum atomic E-state index is 12.7. The van der Waals surface area contributed by atoms with E-state index < -0.39 is 17.7 Å². The zero-order chi connectivity index (χ0) is 19.4. The van der Waals surface area contributed by atoms with Crippen molar-refractivity contribution >= 4 is 28.8 Å². The third-order valence-corrected chi connectivity index (χ3v) is 5.32. The highest BCUT2D eigenvalue weighted by atomic mass is 32.1. The van der Waals surface area contributed by atoms with Gasteiger partial charge in [-0.15, -0.1) is 11.3 Å². The van der Waals surface area contributed by atoms with Gasteiger partial charge in [0, 0.05) is 17.0 Å². The number of Topliss-reactive ketones (excluding diaryl/α,β-unsaturated/α-hetero) is 1. The maximum Gasteiger partial charge on any atom is 0.295 e. The van der Waals surface area contributed by atoms with Gasteiger partial charge in [-0.3, -0.25) is 9.59 Å². The van der Waals surface area contributed by atoms with Crippen LogP contribution in [0, 0.1) is 0 Å². The number of hydrogen-bond acceptors (Lipinski definition) is 5. The molecule has 5 nitrogen and oxygen atoms in total. The second-order valence-electron chi connectivity index (χ2n) is 6.38. The topological polar surface area (TPSA) is 66.8 Å². The van der Waals surface area contributed by atoms with Crippen molar-refractivity contribution in [1.29, 1.82) is 0 Å². The number of carbonyl (C=O) groups excluding carboxylic acids is 2. The minimum atomic E-state index is -0.640. The van der Waals surface area contributed by atoms with Gasteiger partial charge in [-0.1, -0.05) is 32.0 Å². The van der Waals surface area contributed by atoms with Crippen molar-refractivity contribution in [3.05, 3.63) is 57.8 Å². The third-order valence-electron chi connectivity index (χ3n) is 4.40. The normalized spacial score (nSPS) is 18.9. The molecular formula is C21H23NO4S. The number of hydrogen-bond donors (Lipinski definition) is 1. The average molecular weight is 385 g/mol. The minimum absolute atomic E-state index is 0.142. The van der Waals surface area contributed by atoms with E-state index in [1.54, 1.807) is 29.2 Å². The number of aliphatic hydroxyl groups excluding tert-OH is 1. The van der Waals surface area contributed by atoms with E-state index in [1.807, 2.05) is 31.4 Å². The van der Waals surface area contributed by atoms with Crippen LogP contribution in [0.1, 0.15) is 43.2 Å². The van der Waals surface area contributed by atoms with Gasteiger partial charge in [0.05, 0.1) is 18.2 Å². The number of aliphatic hydroxyl groups is 1. The van der Waals surface area contributed by atoms with Gasteiger partial charge < -0.3 is 14.7 Å². The van der Waals surface area contributed by atoms with Crippen LogP contribution >= 0.6 is 11.3 Å². The molecule has 2 heterocycles. The Labute approximate surface area is 162 Å². The summed E-state index contributed by atoms with van der Waals surface area (Å²) in [5, 5.41) is 12.8. The lowest BCUT2D eigenvalue weighted by Gasteiger charge is -2.23. The molecule has 1 aliphatic heterocycles. The molecule has 1 aromatic carbocycles. The molecular weight excluding hydrogens is 362 g/mol. The van der Waals surface area contributed by atoms with Crippen LogP contribution in [0.25, 0.3) is 5.76 Å². The van der Waals surface area contributed by atoms with Crippen LogP contribution in [-0.4, -0.2) is 34.8 Å². The summed E-state index contributed by atoms with van der Waals surface area (Å²) in [6, 6.07) is 10.2. The van der Waals surface area contributed by atoms with Crippen molar-refractivity contribution in [2.75, 3.05) is 13.2 Å². The van der Waals surface area contributed by atoms with Crippen LogP contribution in [0.4, 0.5) is 0 Å². The maximum absolute atomic E-state index is 12.7. The Balaban J connectivity index is 2.08. The standard InChI is InChI=1S/C21H23NO4S/c1-3-10-22-18(16-9-6-12-27-16)17(20(24)21(22)25)19(23)14-7-5-8-15(13-14)26-11-4-2/h5-9,12-13,18,23H,3-4,10-11H2,1-2H3/b19-17-. The first-order valence-corrected chi connectivity index (χ1v) is 10.0. The van der Waals surface area contributed by atoms with Gasteiger partial charge in [0.1, 0.15) is 11.5 Å². The Kier molecular flexibility index (Phi) is 5.96. The van der Waals surface area contributed by atoms with E-state index in [-0.39, 0.29) is 11.3 Å². The molecule has 27 heavy (non-hydrogen) atoms. The van der Waals surface area contributed by atoms with Crippen molar-refractivity contribution in [1.82, 2.24) is 4.90 Å². The molecule has 1 aromatic heterocycles. The predicted octanol–water partition coefficient (Wildman–Crippen LogP) is 4.37. The second kappa shape index (κ2) is 8.39. The number of nitrogens with zero attached hydrogens (tertiary/aromatic N) is 1. The van der Waals surface area contributed by atoms with Gasteiger partial charge >= 0.3 is 0 Å². The molecule has 0 radical (unpaired) electrons. The van der Waals surface area contributed by atoms with E-state index in [9.17, 15) is 14.7 Å². The fourth-order valence-corrected chi connectivity index (χ4v) is 4.05. The summed E-state index contributed by atoms with van der Waals surface area (Å²) in [4.78, 5) is 27.7. The average Bonchev–Trinajstić information content (AvgIpc) is 3.29. The Morgan fingerprint density at radius 1 is 1.19 bits per heavy atom. The summed E-state index contributed by atoms with van der Waals surface area (Å²) in [5.74, 6) is -0.738. The number of rotatable bonds is 7. The fraction of sp³-hybridized carbons (Fsp3) is 0.333. The molecule has 142 valence electrons. The molecule has 3 rings (SSSR count). The lowest BCUT2D eigenvalue weighted by atomic mass is 9.99. The molecule has 1 fully saturated rings. The summed E-state index contributed by atoms with van der Waals surface area (Å²) in [7, 11) is 0. The number of ether oxygens (including phenoxy) is 1. The fourth-order valence-electron chi connectivity index (χ4n) is 3.20. The molecule has 0 aliphatic carbocycles. The van der Waals surface area contributed by atoms with E-state index in [1.165, 1.54) is 11.3 Å². The van der Waals surface area contributed by atoms with E-state index in [2.05, 4.69) is 0 Å². The molecule has 1 saturated heterocycles. The molecule has 0 bridgehead atoms. The van der Waals surface area contributed by atoms with E-state index in [0.29, 0.717) is 24.5 Å². The summed E-state index contributed by atoms with van der Waals surface area (Å²) in [5.41, 5.74) is 0.614. The minimum Gasteiger partial charge on any atom is -0.507 e. The predicted molar refractivity (Wildman–Crippen MR) is 106 cm³/mol. The van der Waals surface area contributed by atoms with Crippen LogP contribution in [0.15, 0.2) is 47.4 Å². The molecule has 0 spiro atoms. The molecule has 6 heteroatoms. The summed E-state index contributed by atoms with van der Waals surface area (Å²) >= 11 is 1.47. The highest BCUT2D eigenvalue weighted by molar-refractivity contribution is 7.10. The molecule has 1 N–H and O–H groups in total. The Hall–Kier alpha value is -2.60. The molecule has 1 aliphatic rings. The highest BCUT2D eigenvalue weighted by Crippen LogP contribution is 2.41. The van der Waals surface area contributed by atoms with Crippen molar-refractivity contribution in [2.45, 2.75) is 32.7 Å². The smallest absolute Gasteiger partial charge is 0.295 e. The number of carbonyl (C=O) groups is 2. The van der Waals surface area contributed by atoms with Crippen molar-refractivity contribution in [2.24, 2.45) is 0 Å². The molecule has 2 aromatic rings. The van der Waals surface area contributed by atoms with E-state index in [0.717, 1.165) is 17.7 Å². The largest absolute Gasteiger partial charge is 0.507 e. The summed E-state index contributed by atoms with van der Waals surface area (Å²) in [6.45, 7) is 5.00. The number of likely N-dealkylation sites (tertiary alicyclic amines) is 1. The summed E-state index contributed by atoms with van der Waals surface area (Å²) < 4.78 is 5.62.